The lowest BCUT2D eigenvalue weighted by molar-refractivity contribution is 0.00158. The van der Waals surface area contributed by atoms with E-state index < -0.39 is 0 Å². The number of anilines is 1. The number of carbonyl (C=O) groups excluding carboxylic acids is 1. The van der Waals surface area contributed by atoms with Gasteiger partial charge in [-0.3, -0.25) is 9.69 Å². The Bertz CT molecular complexity index is 663. The SMILES string of the molecule is CN(CC1(CO)CC1)c1ccc(C(=O)N2CCC(N3CCOCC3)CC2)cn1. The number of aliphatic hydroxyl groups excluding tert-OH is 1. The van der Waals surface area contributed by atoms with E-state index in [1.807, 2.05) is 24.1 Å². The Hall–Kier alpha value is -1.70. The van der Waals surface area contributed by atoms with E-state index in [2.05, 4.69) is 14.8 Å². The molecule has 3 aliphatic rings. The van der Waals surface area contributed by atoms with Crippen LogP contribution in [0.2, 0.25) is 0 Å². The van der Waals surface area contributed by atoms with Crippen LogP contribution in [0.3, 0.4) is 0 Å². The zero-order valence-electron chi connectivity index (χ0n) is 16.8. The maximum atomic E-state index is 12.9. The standard InChI is InChI=1S/C21H32N4O3/c1-23(15-21(16-26)6-7-21)19-3-2-17(14-22-19)20(27)25-8-4-18(5-9-25)24-10-12-28-13-11-24/h2-3,14,18,26H,4-13,15-16H2,1H3. The molecule has 1 aromatic heterocycles. The van der Waals surface area contributed by atoms with Gasteiger partial charge in [0, 0.05) is 57.4 Å². The summed E-state index contributed by atoms with van der Waals surface area (Å²) in [6.45, 7) is 6.32. The van der Waals surface area contributed by atoms with Crippen molar-refractivity contribution in [2.45, 2.75) is 31.7 Å². The third-order valence-electron chi connectivity index (χ3n) is 6.56. The first-order valence-electron chi connectivity index (χ1n) is 10.5. The summed E-state index contributed by atoms with van der Waals surface area (Å²) in [5.41, 5.74) is 0.709. The van der Waals surface area contributed by atoms with Crippen LogP contribution in [0, 0.1) is 5.41 Å². The van der Waals surface area contributed by atoms with Gasteiger partial charge in [0.1, 0.15) is 5.82 Å². The van der Waals surface area contributed by atoms with Gasteiger partial charge in [-0.15, -0.1) is 0 Å². The molecule has 0 unspecified atom stereocenters. The van der Waals surface area contributed by atoms with E-state index in [1.165, 1.54) is 0 Å². The van der Waals surface area contributed by atoms with Crippen molar-refractivity contribution in [3.8, 4) is 0 Å². The number of likely N-dealkylation sites (tertiary alicyclic amines) is 1. The molecule has 2 saturated heterocycles. The van der Waals surface area contributed by atoms with Crippen molar-refractivity contribution < 1.29 is 14.6 Å². The summed E-state index contributed by atoms with van der Waals surface area (Å²) in [5, 5.41) is 9.51. The van der Waals surface area contributed by atoms with Gasteiger partial charge in [0.15, 0.2) is 0 Å². The molecule has 2 aliphatic heterocycles. The van der Waals surface area contributed by atoms with Gasteiger partial charge in [0.2, 0.25) is 0 Å². The molecule has 4 rings (SSSR count). The highest BCUT2D eigenvalue weighted by Crippen LogP contribution is 2.45. The second kappa shape index (κ2) is 8.35. The Morgan fingerprint density at radius 2 is 1.96 bits per heavy atom. The van der Waals surface area contributed by atoms with Crippen molar-refractivity contribution in [3.05, 3.63) is 23.9 Å². The molecule has 3 fully saturated rings. The van der Waals surface area contributed by atoms with Gasteiger partial charge in [0.25, 0.3) is 5.91 Å². The normalized spacial score (nSPS) is 22.9. The molecule has 0 bridgehead atoms. The van der Waals surface area contributed by atoms with Crippen molar-refractivity contribution >= 4 is 11.7 Å². The highest BCUT2D eigenvalue weighted by atomic mass is 16.5. The molecule has 1 amide bonds. The molecule has 0 spiro atoms. The first-order chi connectivity index (χ1) is 13.6. The molecule has 0 atom stereocenters. The van der Waals surface area contributed by atoms with Gasteiger partial charge in [-0.2, -0.15) is 0 Å². The first-order valence-corrected chi connectivity index (χ1v) is 10.5. The Morgan fingerprint density at radius 1 is 1.25 bits per heavy atom. The quantitative estimate of drug-likeness (QED) is 0.791. The summed E-state index contributed by atoms with van der Waals surface area (Å²) in [6, 6.07) is 4.37. The number of piperidine rings is 1. The van der Waals surface area contributed by atoms with Crippen LogP contribution >= 0.6 is 0 Å². The molecule has 28 heavy (non-hydrogen) atoms. The third kappa shape index (κ3) is 4.31. The smallest absolute Gasteiger partial charge is 0.255 e. The predicted octanol–water partition coefficient (Wildman–Crippen LogP) is 1.23. The molecule has 1 saturated carbocycles. The van der Waals surface area contributed by atoms with Crippen molar-refractivity contribution in [1.29, 1.82) is 0 Å². The topological polar surface area (TPSA) is 69.1 Å². The van der Waals surface area contributed by atoms with Gasteiger partial charge in [-0.05, 0) is 37.8 Å². The fourth-order valence-electron chi connectivity index (χ4n) is 4.42. The van der Waals surface area contributed by atoms with Crippen LogP contribution in [0.15, 0.2) is 18.3 Å². The fourth-order valence-corrected chi connectivity index (χ4v) is 4.42. The number of nitrogens with zero attached hydrogens (tertiary/aromatic N) is 4. The molecule has 1 N–H and O–H groups in total. The number of amides is 1. The first kappa shape index (κ1) is 19.6. The summed E-state index contributed by atoms with van der Waals surface area (Å²) in [5.74, 6) is 0.929. The van der Waals surface area contributed by atoms with E-state index in [1.54, 1.807) is 6.20 Å². The molecule has 1 aromatic rings. The summed E-state index contributed by atoms with van der Waals surface area (Å²) in [6.07, 6.45) is 5.91. The Balaban J connectivity index is 1.30. The van der Waals surface area contributed by atoms with Gasteiger partial charge < -0.3 is 19.6 Å². The molecule has 0 radical (unpaired) electrons. The minimum Gasteiger partial charge on any atom is -0.396 e. The van der Waals surface area contributed by atoms with Gasteiger partial charge in [0.05, 0.1) is 25.4 Å². The Morgan fingerprint density at radius 3 is 2.54 bits per heavy atom. The zero-order valence-corrected chi connectivity index (χ0v) is 16.8. The van der Waals surface area contributed by atoms with Gasteiger partial charge in [-0.1, -0.05) is 0 Å². The molecular weight excluding hydrogens is 356 g/mol. The van der Waals surface area contributed by atoms with Crippen LogP contribution in [-0.4, -0.2) is 91.4 Å². The lowest BCUT2D eigenvalue weighted by Gasteiger charge is -2.40. The van der Waals surface area contributed by atoms with Gasteiger partial charge >= 0.3 is 0 Å². The van der Waals surface area contributed by atoms with E-state index >= 15 is 0 Å². The van der Waals surface area contributed by atoms with Crippen molar-refractivity contribution in [1.82, 2.24) is 14.8 Å². The Labute approximate surface area is 167 Å². The zero-order chi connectivity index (χ0) is 19.6. The highest BCUT2D eigenvalue weighted by molar-refractivity contribution is 5.94. The molecule has 7 nitrogen and oxygen atoms in total. The number of carbonyl (C=O) groups is 1. The number of aromatic nitrogens is 1. The lowest BCUT2D eigenvalue weighted by atomic mass is 10.0. The Kier molecular flexibility index (Phi) is 5.85. The molecule has 3 heterocycles. The van der Waals surface area contributed by atoms with Crippen molar-refractivity contribution in [3.63, 3.8) is 0 Å². The average Bonchev–Trinajstić information content (AvgIpc) is 3.54. The molecule has 154 valence electrons. The van der Waals surface area contributed by atoms with E-state index in [0.29, 0.717) is 11.6 Å². The second-order valence-electron chi connectivity index (χ2n) is 8.59. The fraction of sp³-hybridized carbons (Fsp3) is 0.714. The van der Waals surface area contributed by atoms with Crippen LogP contribution in [0.5, 0.6) is 0 Å². The third-order valence-corrected chi connectivity index (χ3v) is 6.56. The molecular formula is C21H32N4O3. The monoisotopic (exact) mass is 388 g/mol. The summed E-state index contributed by atoms with van der Waals surface area (Å²) >= 11 is 0. The summed E-state index contributed by atoms with van der Waals surface area (Å²) in [7, 11) is 2.00. The second-order valence-corrected chi connectivity index (χ2v) is 8.59. The maximum absolute atomic E-state index is 12.9. The number of hydrogen-bond donors (Lipinski definition) is 1. The predicted molar refractivity (Wildman–Crippen MR) is 108 cm³/mol. The number of rotatable bonds is 6. The van der Waals surface area contributed by atoms with Crippen LogP contribution in [0.25, 0.3) is 0 Å². The molecule has 7 heteroatoms. The number of hydrogen-bond acceptors (Lipinski definition) is 6. The highest BCUT2D eigenvalue weighted by Gasteiger charge is 2.43. The number of morpholine rings is 1. The minimum absolute atomic E-state index is 0.0513. The maximum Gasteiger partial charge on any atom is 0.255 e. The van der Waals surface area contributed by atoms with Gasteiger partial charge in [-0.25, -0.2) is 4.98 Å². The molecule has 1 aliphatic carbocycles. The summed E-state index contributed by atoms with van der Waals surface area (Å²) in [4.78, 5) is 23.9. The van der Waals surface area contributed by atoms with E-state index in [9.17, 15) is 9.90 Å². The average molecular weight is 389 g/mol. The van der Waals surface area contributed by atoms with E-state index in [-0.39, 0.29) is 17.9 Å². The largest absolute Gasteiger partial charge is 0.396 e. The van der Waals surface area contributed by atoms with E-state index in [4.69, 9.17) is 4.74 Å². The van der Waals surface area contributed by atoms with Crippen LogP contribution < -0.4 is 4.90 Å². The van der Waals surface area contributed by atoms with Crippen LogP contribution in [0.4, 0.5) is 5.82 Å². The van der Waals surface area contributed by atoms with Crippen LogP contribution in [-0.2, 0) is 4.74 Å². The van der Waals surface area contributed by atoms with Crippen molar-refractivity contribution in [2.24, 2.45) is 5.41 Å². The number of ether oxygens (including phenoxy) is 1. The molecule has 0 aromatic carbocycles. The summed E-state index contributed by atoms with van der Waals surface area (Å²) < 4.78 is 5.44. The minimum atomic E-state index is 0.0513. The lowest BCUT2D eigenvalue weighted by Crippen LogP contribution is -2.50. The number of pyridine rings is 1. The van der Waals surface area contributed by atoms with E-state index in [0.717, 1.165) is 77.4 Å². The van der Waals surface area contributed by atoms with Crippen molar-refractivity contribution in [2.75, 3.05) is 64.5 Å². The number of aliphatic hydroxyl groups is 1. The van der Waals surface area contributed by atoms with Crippen LogP contribution in [0.1, 0.15) is 36.0 Å².